The summed E-state index contributed by atoms with van der Waals surface area (Å²) >= 11 is 0. The molecule has 0 aromatic heterocycles. The number of nitrogens with one attached hydrogen (secondary N) is 2. The zero-order valence-corrected chi connectivity index (χ0v) is 15.7. The maximum Gasteiger partial charge on any atom is 0.252 e. The Morgan fingerprint density at radius 1 is 1.24 bits per heavy atom. The van der Waals surface area contributed by atoms with Crippen LogP contribution in [0.25, 0.3) is 0 Å². The summed E-state index contributed by atoms with van der Waals surface area (Å²) in [5, 5.41) is 5.58. The summed E-state index contributed by atoms with van der Waals surface area (Å²) in [6.45, 7) is 5.79. The van der Waals surface area contributed by atoms with Gasteiger partial charge in [0.25, 0.3) is 5.91 Å². The lowest BCUT2D eigenvalue weighted by Crippen LogP contribution is -2.50. The Labute approximate surface area is 149 Å². The van der Waals surface area contributed by atoms with Crippen molar-refractivity contribution in [3.8, 4) is 0 Å². The van der Waals surface area contributed by atoms with Crippen LogP contribution in [0.3, 0.4) is 0 Å². The lowest BCUT2D eigenvalue weighted by Gasteiger charge is -2.22. The van der Waals surface area contributed by atoms with Crippen LogP contribution < -0.4 is 10.6 Å². The summed E-state index contributed by atoms with van der Waals surface area (Å²) in [7, 11) is -3.06. The Kier molecular flexibility index (Phi) is 6.21. The van der Waals surface area contributed by atoms with Crippen LogP contribution in [0.5, 0.6) is 0 Å². The molecule has 138 valence electrons. The predicted octanol–water partition coefficient (Wildman–Crippen LogP) is 1.44. The normalized spacial score (nSPS) is 20.2. The Hall–Kier alpha value is -1.89. The molecular weight excluding hydrogens is 340 g/mol. The molecule has 2 N–H and O–H groups in total. The molecule has 7 heteroatoms. The van der Waals surface area contributed by atoms with Gasteiger partial charge in [-0.05, 0) is 37.3 Å². The summed E-state index contributed by atoms with van der Waals surface area (Å²) in [6, 6.07) is 6.14. The highest BCUT2D eigenvalue weighted by Crippen LogP contribution is 2.14. The second kappa shape index (κ2) is 7.99. The third-order valence-corrected chi connectivity index (χ3v) is 6.07. The van der Waals surface area contributed by atoms with Gasteiger partial charge in [-0.15, -0.1) is 0 Å². The smallest absolute Gasteiger partial charge is 0.252 e. The first-order valence-corrected chi connectivity index (χ1v) is 10.4. The van der Waals surface area contributed by atoms with Crippen LogP contribution in [0.2, 0.25) is 0 Å². The summed E-state index contributed by atoms with van der Waals surface area (Å²) in [5.41, 5.74) is 1.37. The number of rotatable bonds is 6. The van der Waals surface area contributed by atoms with Gasteiger partial charge in [-0.2, -0.15) is 0 Å². The van der Waals surface area contributed by atoms with Crippen LogP contribution in [0.15, 0.2) is 24.3 Å². The first kappa shape index (κ1) is 19.4. The minimum atomic E-state index is -3.06. The summed E-state index contributed by atoms with van der Waals surface area (Å²) in [4.78, 5) is 25.1. The molecule has 1 aliphatic heterocycles. The molecule has 0 spiro atoms. The summed E-state index contributed by atoms with van der Waals surface area (Å²) in [6.07, 6.45) is 0.914. The highest BCUT2D eigenvalue weighted by molar-refractivity contribution is 7.91. The molecule has 1 aromatic rings. The first-order valence-electron chi connectivity index (χ1n) is 8.55. The SMILES string of the molecule is Cc1ccccc1C(=O)NC(CC(C)C)C(=O)NC1CCS(=O)(=O)C1. The Morgan fingerprint density at radius 3 is 2.48 bits per heavy atom. The van der Waals surface area contributed by atoms with Crippen molar-refractivity contribution >= 4 is 21.7 Å². The zero-order valence-electron chi connectivity index (χ0n) is 14.9. The van der Waals surface area contributed by atoms with E-state index < -0.39 is 15.9 Å². The molecule has 0 aliphatic carbocycles. The van der Waals surface area contributed by atoms with Crippen molar-refractivity contribution in [2.75, 3.05) is 11.5 Å². The number of hydrogen-bond donors (Lipinski definition) is 2. The fourth-order valence-electron chi connectivity index (χ4n) is 2.98. The highest BCUT2D eigenvalue weighted by atomic mass is 32.2. The Bertz CT molecular complexity index is 743. The Balaban J connectivity index is 2.06. The van der Waals surface area contributed by atoms with Gasteiger partial charge in [0.05, 0.1) is 11.5 Å². The number of benzene rings is 1. The molecule has 25 heavy (non-hydrogen) atoms. The van der Waals surface area contributed by atoms with Gasteiger partial charge in [-0.3, -0.25) is 9.59 Å². The van der Waals surface area contributed by atoms with Crippen molar-refractivity contribution in [3.05, 3.63) is 35.4 Å². The van der Waals surface area contributed by atoms with Crippen LogP contribution in [0, 0.1) is 12.8 Å². The molecule has 2 rings (SSSR count). The maximum absolute atomic E-state index is 12.6. The summed E-state index contributed by atoms with van der Waals surface area (Å²) in [5.74, 6) is -0.336. The van der Waals surface area contributed by atoms with Crippen LogP contribution in [-0.2, 0) is 14.6 Å². The predicted molar refractivity (Wildman–Crippen MR) is 97.1 cm³/mol. The fourth-order valence-corrected chi connectivity index (χ4v) is 4.65. The van der Waals surface area contributed by atoms with Gasteiger partial charge in [0.15, 0.2) is 9.84 Å². The van der Waals surface area contributed by atoms with Gasteiger partial charge >= 0.3 is 0 Å². The van der Waals surface area contributed by atoms with E-state index in [1.807, 2.05) is 32.9 Å². The van der Waals surface area contributed by atoms with E-state index in [-0.39, 0.29) is 35.3 Å². The second-order valence-corrected chi connectivity index (χ2v) is 9.31. The van der Waals surface area contributed by atoms with Crippen LogP contribution >= 0.6 is 0 Å². The third-order valence-electron chi connectivity index (χ3n) is 4.30. The van der Waals surface area contributed by atoms with E-state index in [0.717, 1.165) is 5.56 Å². The standard InChI is InChI=1S/C18H26N2O4S/c1-12(2)10-16(18(22)19-14-8-9-25(23,24)11-14)20-17(21)15-7-5-4-6-13(15)3/h4-7,12,14,16H,8-11H2,1-3H3,(H,19,22)(H,20,21). The van der Waals surface area contributed by atoms with Crippen molar-refractivity contribution in [1.82, 2.24) is 10.6 Å². The minimum Gasteiger partial charge on any atom is -0.351 e. The van der Waals surface area contributed by atoms with E-state index in [2.05, 4.69) is 10.6 Å². The lowest BCUT2D eigenvalue weighted by atomic mass is 10.0. The van der Waals surface area contributed by atoms with Gasteiger partial charge in [0, 0.05) is 11.6 Å². The average molecular weight is 366 g/mol. The number of amides is 2. The molecule has 1 fully saturated rings. The quantitative estimate of drug-likeness (QED) is 0.797. The molecule has 1 aromatic carbocycles. The van der Waals surface area contributed by atoms with Gasteiger partial charge < -0.3 is 10.6 Å². The van der Waals surface area contributed by atoms with Crippen molar-refractivity contribution in [2.45, 2.75) is 45.7 Å². The number of aryl methyl sites for hydroxylation is 1. The molecule has 6 nitrogen and oxygen atoms in total. The van der Waals surface area contributed by atoms with E-state index >= 15 is 0 Å². The van der Waals surface area contributed by atoms with Crippen molar-refractivity contribution in [1.29, 1.82) is 0 Å². The van der Waals surface area contributed by atoms with Crippen molar-refractivity contribution in [2.24, 2.45) is 5.92 Å². The molecule has 2 atom stereocenters. The second-order valence-electron chi connectivity index (χ2n) is 7.08. The largest absolute Gasteiger partial charge is 0.351 e. The van der Waals surface area contributed by atoms with E-state index in [0.29, 0.717) is 18.4 Å². The summed E-state index contributed by atoms with van der Waals surface area (Å²) < 4.78 is 23.1. The molecule has 2 unspecified atom stereocenters. The zero-order chi connectivity index (χ0) is 18.6. The average Bonchev–Trinajstić information content (AvgIpc) is 2.85. The monoisotopic (exact) mass is 366 g/mol. The van der Waals surface area contributed by atoms with Crippen molar-refractivity contribution < 1.29 is 18.0 Å². The van der Waals surface area contributed by atoms with E-state index in [1.54, 1.807) is 12.1 Å². The lowest BCUT2D eigenvalue weighted by molar-refractivity contribution is -0.123. The van der Waals surface area contributed by atoms with Crippen LogP contribution in [0.1, 0.15) is 42.6 Å². The van der Waals surface area contributed by atoms with Crippen LogP contribution in [0.4, 0.5) is 0 Å². The van der Waals surface area contributed by atoms with E-state index in [4.69, 9.17) is 0 Å². The molecule has 0 bridgehead atoms. The fraction of sp³-hybridized carbons (Fsp3) is 0.556. The molecule has 1 aliphatic rings. The molecule has 1 saturated heterocycles. The molecule has 1 heterocycles. The molecule has 0 radical (unpaired) electrons. The van der Waals surface area contributed by atoms with Gasteiger partial charge in [0.1, 0.15) is 6.04 Å². The molecular formula is C18H26N2O4S. The topological polar surface area (TPSA) is 92.3 Å². The molecule has 2 amide bonds. The van der Waals surface area contributed by atoms with Crippen molar-refractivity contribution in [3.63, 3.8) is 0 Å². The van der Waals surface area contributed by atoms with Crippen LogP contribution in [-0.4, -0.2) is 43.8 Å². The first-order chi connectivity index (χ1) is 11.7. The van der Waals surface area contributed by atoms with Gasteiger partial charge in [-0.25, -0.2) is 8.42 Å². The molecule has 0 saturated carbocycles. The number of carbonyl (C=O) groups is 2. The van der Waals surface area contributed by atoms with Gasteiger partial charge in [-0.1, -0.05) is 32.0 Å². The van der Waals surface area contributed by atoms with E-state index in [9.17, 15) is 18.0 Å². The number of hydrogen-bond acceptors (Lipinski definition) is 4. The minimum absolute atomic E-state index is 0.0289. The Morgan fingerprint density at radius 2 is 1.92 bits per heavy atom. The van der Waals surface area contributed by atoms with E-state index in [1.165, 1.54) is 0 Å². The number of carbonyl (C=O) groups excluding carboxylic acids is 2. The highest BCUT2D eigenvalue weighted by Gasteiger charge is 2.31. The van der Waals surface area contributed by atoms with Gasteiger partial charge in [0.2, 0.25) is 5.91 Å². The number of sulfone groups is 1. The maximum atomic E-state index is 12.6. The third kappa shape index (κ3) is 5.56.